The highest BCUT2D eigenvalue weighted by molar-refractivity contribution is 5.81. The van der Waals surface area contributed by atoms with Crippen LogP contribution in [0.5, 0.6) is 0 Å². The molecule has 0 radical (unpaired) electrons. The van der Waals surface area contributed by atoms with Crippen LogP contribution in [0.15, 0.2) is 97.1 Å². The van der Waals surface area contributed by atoms with Crippen LogP contribution in [0.4, 0.5) is 9.59 Å². The summed E-state index contributed by atoms with van der Waals surface area (Å²) in [6.45, 7) is 21.1. The van der Waals surface area contributed by atoms with Gasteiger partial charge in [-0.05, 0) is 128 Å². The Bertz CT molecular complexity index is 1910. The second-order valence-electron chi connectivity index (χ2n) is 15.7. The normalized spacial score (nSPS) is 13.1. The van der Waals surface area contributed by atoms with Gasteiger partial charge in [0.1, 0.15) is 29.4 Å². The molecule has 0 saturated heterocycles. The number of hydrogen-bond donors (Lipinski definition) is 4. The molecular weight excluding hydrogens is 725 g/mol. The Balaban J connectivity index is 0.000000326. The van der Waals surface area contributed by atoms with E-state index in [4.69, 9.17) is 19.3 Å². The molecule has 0 aliphatic heterocycles. The predicted molar refractivity (Wildman–Crippen MR) is 224 cm³/mol. The van der Waals surface area contributed by atoms with Crippen LogP contribution < -0.4 is 10.6 Å². The number of ether oxygens (including phenoxy) is 3. The van der Waals surface area contributed by atoms with E-state index in [1.165, 1.54) is 34.7 Å². The number of benzene rings is 4. The Kier molecular flexibility index (Phi) is 18.0. The van der Waals surface area contributed by atoms with Gasteiger partial charge < -0.3 is 35.1 Å². The second kappa shape index (κ2) is 21.6. The number of alkyl carbamates (subject to hydrolysis) is 2. The number of amides is 2. The molecule has 0 heterocycles. The smallest absolute Gasteiger partial charge is 0.408 e. The monoisotopic (exact) mass is 784 g/mol. The minimum absolute atomic E-state index is 0.397. The molecule has 0 spiro atoms. The van der Waals surface area contributed by atoms with E-state index in [2.05, 4.69) is 60.9 Å². The zero-order chi connectivity index (χ0) is 43.1. The molecular formula is C46H60N2O9. The zero-order valence-corrected chi connectivity index (χ0v) is 35.3. The van der Waals surface area contributed by atoms with E-state index in [0.29, 0.717) is 0 Å². The summed E-state index contributed by atoms with van der Waals surface area (Å²) in [5.41, 5.74) is 7.82. The summed E-state index contributed by atoms with van der Waals surface area (Å²) in [5.74, 6) is -1.60. The quantitative estimate of drug-likeness (QED) is 0.0957. The molecule has 0 aliphatic rings. The van der Waals surface area contributed by atoms with Crippen molar-refractivity contribution in [3.63, 3.8) is 0 Å². The molecule has 308 valence electrons. The third-order valence-electron chi connectivity index (χ3n) is 8.17. The fourth-order valence-electron chi connectivity index (χ4n) is 5.10. The van der Waals surface area contributed by atoms with Gasteiger partial charge in [0.05, 0.1) is 6.10 Å². The van der Waals surface area contributed by atoms with Crippen molar-refractivity contribution in [2.45, 2.75) is 119 Å². The predicted octanol–water partition coefficient (Wildman–Crippen LogP) is 9.88. The van der Waals surface area contributed by atoms with Crippen molar-refractivity contribution in [3.8, 4) is 22.3 Å². The van der Waals surface area contributed by atoms with Crippen LogP contribution in [0, 0.1) is 13.8 Å². The SMILES string of the molecule is C[C@H](NC(=O)OC(C)(C)C)C(=O)O.Cc1ccccc1-c1ccc([C@H](C)O)cc1.Cc1ccccc1-c1ccc([C@H](C)OC(=O)[C@H](C)NC(=O)OC(C)(C)C)cc1. The highest BCUT2D eigenvalue weighted by Crippen LogP contribution is 2.27. The molecule has 0 unspecified atom stereocenters. The number of carboxylic acids is 1. The maximum Gasteiger partial charge on any atom is 0.408 e. The lowest BCUT2D eigenvalue weighted by Crippen LogP contribution is -2.42. The average Bonchev–Trinajstić information content (AvgIpc) is 3.11. The minimum Gasteiger partial charge on any atom is -0.480 e. The van der Waals surface area contributed by atoms with Crippen molar-refractivity contribution in [1.29, 1.82) is 0 Å². The number of rotatable bonds is 9. The van der Waals surface area contributed by atoms with E-state index >= 15 is 0 Å². The van der Waals surface area contributed by atoms with E-state index in [-0.39, 0.29) is 0 Å². The maximum absolute atomic E-state index is 12.3. The fourth-order valence-corrected chi connectivity index (χ4v) is 5.10. The molecule has 0 bridgehead atoms. The summed E-state index contributed by atoms with van der Waals surface area (Å²) in [4.78, 5) is 45.4. The Morgan fingerprint density at radius 1 is 0.561 bits per heavy atom. The van der Waals surface area contributed by atoms with Crippen LogP contribution in [-0.4, -0.2) is 57.6 Å². The van der Waals surface area contributed by atoms with Gasteiger partial charge in [0.15, 0.2) is 0 Å². The lowest BCUT2D eigenvalue weighted by atomic mass is 9.99. The molecule has 11 nitrogen and oxygen atoms in total. The van der Waals surface area contributed by atoms with Crippen LogP contribution in [0.2, 0.25) is 0 Å². The number of carbonyl (C=O) groups excluding carboxylic acids is 3. The van der Waals surface area contributed by atoms with E-state index in [9.17, 15) is 24.3 Å². The second-order valence-corrected chi connectivity index (χ2v) is 15.7. The van der Waals surface area contributed by atoms with Crippen LogP contribution in [0.25, 0.3) is 22.3 Å². The first-order chi connectivity index (χ1) is 26.5. The lowest BCUT2D eigenvalue weighted by molar-refractivity contribution is -0.150. The molecule has 0 fully saturated rings. The van der Waals surface area contributed by atoms with E-state index in [0.717, 1.165) is 16.7 Å². The van der Waals surface area contributed by atoms with Gasteiger partial charge in [-0.3, -0.25) is 4.79 Å². The van der Waals surface area contributed by atoms with Gasteiger partial charge in [0.25, 0.3) is 0 Å². The van der Waals surface area contributed by atoms with Crippen molar-refractivity contribution in [3.05, 3.63) is 119 Å². The molecule has 2 amide bonds. The van der Waals surface area contributed by atoms with Crippen molar-refractivity contribution in [2.24, 2.45) is 0 Å². The first-order valence-electron chi connectivity index (χ1n) is 18.9. The number of nitrogens with one attached hydrogen (secondary N) is 2. The van der Waals surface area contributed by atoms with Crippen LogP contribution in [0.3, 0.4) is 0 Å². The first-order valence-corrected chi connectivity index (χ1v) is 18.9. The molecule has 4 aromatic rings. The van der Waals surface area contributed by atoms with Crippen molar-refractivity contribution in [2.75, 3.05) is 0 Å². The number of carboxylic acid groups (broad SMARTS) is 1. The number of aliphatic hydroxyl groups excluding tert-OH is 1. The summed E-state index contributed by atoms with van der Waals surface area (Å²) in [5, 5.41) is 22.6. The number of aliphatic hydroxyl groups is 1. The number of hydrogen-bond acceptors (Lipinski definition) is 8. The van der Waals surface area contributed by atoms with Gasteiger partial charge in [-0.15, -0.1) is 0 Å². The molecule has 57 heavy (non-hydrogen) atoms. The zero-order valence-electron chi connectivity index (χ0n) is 35.3. The van der Waals surface area contributed by atoms with Crippen LogP contribution in [-0.2, 0) is 23.8 Å². The van der Waals surface area contributed by atoms with Gasteiger partial charge in [-0.2, -0.15) is 0 Å². The van der Waals surface area contributed by atoms with Gasteiger partial charge in [-0.25, -0.2) is 14.4 Å². The third-order valence-corrected chi connectivity index (χ3v) is 8.17. The Morgan fingerprint density at radius 3 is 1.28 bits per heavy atom. The lowest BCUT2D eigenvalue weighted by Gasteiger charge is -2.22. The minimum atomic E-state index is -1.09. The van der Waals surface area contributed by atoms with Gasteiger partial charge >= 0.3 is 24.1 Å². The van der Waals surface area contributed by atoms with Gasteiger partial charge in [-0.1, -0.05) is 97.1 Å². The Morgan fingerprint density at radius 2 is 0.930 bits per heavy atom. The molecule has 4 aromatic carbocycles. The largest absolute Gasteiger partial charge is 0.480 e. The molecule has 4 N–H and O–H groups in total. The van der Waals surface area contributed by atoms with Gasteiger partial charge in [0.2, 0.25) is 0 Å². The van der Waals surface area contributed by atoms with Crippen LogP contribution in [0.1, 0.15) is 104 Å². The standard InChI is InChI=1S/C23H29NO4.C15H16O.C8H15NO4/c1-15-9-7-8-10-20(15)19-13-11-18(12-14-19)17(3)27-21(25)16(2)24-22(26)28-23(4,5)6;1-11-5-3-4-6-15(11)14-9-7-13(8-10-14)12(2)16;1-5(6(10)11)9-7(12)13-8(2,3)4/h7-14,16-17H,1-6H3,(H,24,26);3-10,12,16H,1-2H3;5H,1-4H3,(H,9,12)(H,10,11)/t16-,17-;12-;5-/m000/s1. The van der Waals surface area contributed by atoms with Crippen molar-refractivity contribution < 1.29 is 43.6 Å². The highest BCUT2D eigenvalue weighted by Gasteiger charge is 2.24. The van der Waals surface area contributed by atoms with Gasteiger partial charge in [0, 0.05) is 0 Å². The molecule has 0 saturated carbocycles. The number of aryl methyl sites for hydroxylation is 2. The average molecular weight is 785 g/mol. The highest BCUT2D eigenvalue weighted by atomic mass is 16.6. The van der Waals surface area contributed by atoms with E-state index < -0.39 is 59.6 Å². The molecule has 0 aromatic heterocycles. The topological polar surface area (TPSA) is 160 Å². The summed E-state index contributed by atoms with van der Waals surface area (Å²) in [7, 11) is 0. The van der Waals surface area contributed by atoms with E-state index in [1.807, 2.05) is 60.7 Å². The van der Waals surface area contributed by atoms with Crippen LogP contribution >= 0.6 is 0 Å². The number of aliphatic carboxylic acids is 1. The summed E-state index contributed by atoms with van der Waals surface area (Å²) < 4.78 is 15.5. The van der Waals surface area contributed by atoms with E-state index in [1.54, 1.807) is 62.3 Å². The summed E-state index contributed by atoms with van der Waals surface area (Å²) in [6, 6.07) is 30.8. The molecule has 11 heteroatoms. The molecule has 0 aliphatic carbocycles. The van der Waals surface area contributed by atoms with Crippen molar-refractivity contribution >= 4 is 24.1 Å². The Labute approximate surface area is 337 Å². The van der Waals surface area contributed by atoms with Crippen molar-refractivity contribution in [1.82, 2.24) is 10.6 Å². The fraction of sp³-hybridized carbons (Fsp3) is 0.391. The third kappa shape index (κ3) is 17.3. The summed E-state index contributed by atoms with van der Waals surface area (Å²) in [6.07, 6.45) is -2.19. The number of esters is 1. The first kappa shape index (κ1) is 47.5. The maximum atomic E-state index is 12.3. The molecule has 4 atom stereocenters. The summed E-state index contributed by atoms with van der Waals surface area (Å²) >= 11 is 0. The molecule has 4 rings (SSSR count). The number of carbonyl (C=O) groups is 4. The Hall–Kier alpha value is -5.68.